The maximum atomic E-state index is 13.7. The zero-order valence-corrected chi connectivity index (χ0v) is 20.1. The van der Waals surface area contributed by atoms with E-state index in [2.05, 4.69) is 5.32 Å². The Morgan fingerprint density at radius 3 is 2.72 bits per heavy atom. The summed E-state index contributed by atoms with van der Waals surface area (Å²) in [5.74, 6) is -0.0309. The molecule has 2 aromatic heterocycles. The predicted molar refractivity (Wildman–Crippen MR) is 132 cm³/mol. The van der Waals surface area contributed by atoms with Crippen LogP contribution in [0.1, 0.15) is 67.5 Å². The number of aryl methyl sites for hydroxylation is 2. The number of thiophene rings is 1. The first-order valence-corrected chi connectivity index (χ1v) is 13.4. The number of amides is 1. The molecule has 0 bridgehead atoms. The van der Waals surface area contributed by atoms with Crippen molar-refractivity contribution in [3.05, 3.63) is 56.7 Å². The summed E-state index contributed by atoms with van der Waals surface area (Å²) in [4.78, 5) is 33.7. The lowest BCUT2D eigenvalue weighted by molar-refractivity contribution is -0.120. The van der Waals surface area contributed by atoms with Crippen molar-refractivity contribution in [3.8, 4) is 0 Å². The number of rotatable bonds is 6. The predicted octanol–water partition coefficient (Wildman–Crippen LogP) is 5.25. The minimum Gasteiger partial charge on any atom is -0.351 e. The second kappa shape index (κ2) is 9.40. The highest BCUT2D eigenvalue weighted by atomic mass is 32.2. The van der Waals surface area contributed by atoms with Crippen molar-refractivity contribution >= 4 is 39.2 Å². The van der Waals surface area contributed by atoms with Crippen LogP contribution >= 0.6 is 23.1 Å². The number of aromatic nitrogens is 2. The second-order valence-electron chi connectivity index (χ2n) is 8.86. The molecule has 2 aliphatic rings. The van der Waals surface area contributed by atoms with Gasteiger partial charge in [-0.1, -0.05) is 54.9 Å². The summed E-state index contributed by atoms with van der Waals surface area (Å²) >= 11 is 3.11. The van der Waals surface area contributed by atoms with Crippen LogP contribution in [0.4, 0.5) is 0 Å². The minimum atomic E-state index is -0.328. The Hall–Kier alpha value is -2.12. The van der Waals surface area contributed by atoms with Crippen LogP contribution in [0.2, 0.25) is 0 Å². The van der Waals surface area contributed by atoms with E-state index in [9.17, 15) is 9.59 Å². The Bertz CT molecular complexity index is 1180. The number of nitrogens with zero attached hydrogens (tertiary/aromatic N) is 2. The van der Waals surface area contributed by atoms with Crippen LogP contribution in [0.3, 0.4) is 0 Å². The Labute approximate surface area is 196 Å². The summed E-state index contributed by atoms with van der Waals surface area (Å²) in [5, 5.41) is 4.25. The smallest absolute Gasteiger partial charge is 0.263 e. The third kappa shape index (κ3) is 4.25. The van der Waals surface area contributed by atoms with Crippen LogP contribution in [0.25, 0.3) is 10.2 Å². The van der Waals surface area contributed by atoms with Crippen molar-refractivity contribution in [3.63, 3.8) is 0 Å². The van der Waals surface area contributed by atoms with Gasteiger partial charge in [-0.2, -0.15) is 0 Å². The number of nitrogens with one attached hydrogen (secondary N) is 1. The first-order valence-electron chi connectivity index (χ1n) is 11.7. The molecule has 0 radical (unpaired) electrons. The molecule has 3 aromatic rings. The van der Waals surface area contributed by atoms with Gasteiger partial charge in [-0.15, -0.1) is 11.3 Å². The van der Waals surface area contributed by atoms with Gasteiger partial charge in [-0.25, -0.2) is 4.98 Å². The fourth-order valence-corrected chi connectivity index (χ4v) is 7.21. The van der Waals surface area contributed by atoms with Gasteiger partial charge in [0.15, 0.2) is 5.16 Å². The Balaban J connectivity index is 1.45. The van der Waals surface area contributed by atoms with E-state index >= 15 is 0 Å². The van der Waals surface area contributed by atoms with E-state index in [-0.39, 0.29) is 22.8 Å². The molecule has 168 valence electrons. The molecule has 0 spiro atoms. The van der Waals surface area contributed by atoms with Crippen molar-refractivity contribution in [2.45, 2.75) is 81.3 Å². The molecule has 1 saturated carbocycles. The van der Waals surface area contributed by atoms with Crippen LogP contribution < -0.4 is 10.9 Å². The quantitative estimate of drug-likeness (QED) is 0.397. The highest BCUT2D eigenvalue weighted by Gasteiger charge is 2.28. The van der Waals surface area contributed by atoms with Gasteiger partial charge in [-0.05, 0) is 56.6 Å². The van der Waals surface area contributed by atoms with Crippen molar-refractivity contribution in [2.24, 2.45) is 0 Å². The number of carbonyl (C=O) groups excluding carboxylic acids is 1. The largest absolute Gasteiger partial charge is 0.351 e. The average Bonchev–Trinajstić information content (AvgIpc) is 3.46. The zero-order valence-electron chi connectivity index (χ0n) is 18.4. The number of hydrogen-bond acceptors (Lipinski definition) is 5. The van der Waals surface area contributed by atoms with Crippen LogP contribution in [0, 0.1) is 0 Å². The molecule has 2 heterocycles. The van der Waals surface area contributed by atoms with Crippen molar-refractivity contribution < 1.29 is 4.79 Å². The summed E-state index contributed by atoms with van der Waals surface area (Å²) in [6.07, 6.45) is 8.71. The van der Waals surface area contributed by atoms with Gasteiger partial charge < -0.3 is 5.32 Å². The van der Waals surface area contributed by atoms with Gasteiger partial charge in [0.05, 0.1) is 10.6 Å². The molecule has 0 unspecified atom stereocenters. The van der Waals surface area contributed by atoms with Crippen molar-refractivity contribution in [2.75, 3.05) is 0 Å². The first kappa shape index (κ1) is 21.7. The summed E-state index contributed by atoms with van der Waals surface area (Å²) < 4.78 is 1.93. The minimum absolute atomic E-state index is 0.0309. The van der Waals surface area contributed by atoms with Crippen LogP contribution in [-0.4, -0.2) is 20.7 Å². The molecule has 7 heteroatoms. The Morgan fingerprint density at radius 2 is 1.94 bits per heavy atom. The summed E-state index contributed by atoms with van der Waals surface area (Å²) in [5.41, 5.74) is 2.43. The molecule has 1 fully saturated rings. The molecule has 5 rings (SSSR count). The number of benzene rings is 1. The number of carbonyl (C=O) groups is 1. The number of fused-ring (bicyclic) bond motifs is 3. The van der Waals surface area contributed by atoms with Crippen LogP contribution in [0.15, 0.2) is 40.3 Å². The lowest BCUT2D eigenvalue weighted by Crippen LogP contribution is -2.32. The molecule has 0 saturated heterocycles. The van der Waals surface area contributed by atoms with E-state index < -0.39 is 0 Å². The van der Waals surface area contributed by atoms with Gasteiger partial charge in [0.25, 0.3) is 5.56 Å². The van der Waals surface area contributed by atoms with Gasteiger partial charge >= 0.3 is 0 Å². The third-order valence-corrected chi connectivity index (χ3v) is 8.89. The van der Waals surface area contributed by atoms with E-state index in [1.165, 1.54) is 28.6 Å². The van der Waals surface area contributed by atoms with E-state index in [0.29, 0.717) is 11.7 Å². The molecule has 1 aromatic carbocycles. The standard InChI is InChI=1S/C25H29N3O2S2/c1-16(22(29)26-15-17-9-3-2-4-10-17)31-25-27-23-21(19-13-7-8-14-20(19)32-23)24(30)28(25)18-11-5-6-12-18/h2-4,9-10,16,18H,5-8,11-15H2,1H3,(H,26,29)/t16-/m1/s1. The molecule has 1 N–H and O–H groups in total. The van der Waals surface area contributed by atoms with Crippen molar-refractivity contribution in [1.82, 2.24) is 14.9 Å². The monoisotopic (exact) mass is 467 g/mol. The maximum Gasteiger partial charge on any atom is 0.263 e. The lowest BCUT2D eigenvalue weighted by atomic mass is 9.97. The highest BCUT2D eigenvalue weighted by Crippen LogP contribution is 2.38. The first-order chi connectivity index (χ1) is 15.6. The summed E-state index contributed by atoms with van der Waals surface area (Å²) in [6.45, 7) is 2.41. The third-order valence-electron chi connectivity index (χ3n) is 6.64. The normalized spacial score (nSPS) is 17.4. The van der Waals surface area contributed by atoms with E-state index in [1.54, 1.807) is 11.3 Å². The zero-order chi connectivity index (χ0) is 22.1. The molecule has 2 aliphatic carbocycles. The molecular formula is C25H29N3O2S2. The fraction of sp³-hybridized carbons (Fsp3) is 0.480. The van der Waals surface area contributed by atoms with E-state index in [4.69, 9.17) is 4.98 Å². The number of thioether (sulfide) groups is 1. The molecular weight excluding hydrogens is 438 g/mol. The number of hydrogen-bond donors (Lipinski definition) is 1. The van der Waals surface area contributed by atoms with Gasteiger partial charge in [-0.3, -0.25) is 14.2 Å². The second-order valence-corrected chi connectivity index (χ2v) is 11.3. The van der Waals surface area contributed by atoms with Crippen molar-refractivity contribution in [1.29, 1.82) is 0 Å². The molecule has 1 amide bonds. The van der Waals surface area contributed by atoms with Gasteiger partial charge in [0, 0.05) is 17.5 Å². The topological polar surface area (TPSA) is 64.0 Å². The maximum absolute atomic E-state index is 13.7. The van der Waals surface area contributed by atoms with Gasteiger partial charge in [0.2, 0.25) is 5.91 Å². The summed E-state index contributed by atoms with van der Waals surface area (Å²) in [7, 11) is 0. The molecule has 1 atom stereocenters. The average molecular weight is 468 g/mol. The Kier molecular flexibility index (Phi) is 6.37. The molecule has 0 aliphatic heterocycles. The Morgan fingerprint density at radius 1 is 1.19 bits per heavy atom. The lowest BCUT2D eigenvalue weighted by Gasteiger charge is -2.20. The highest BCUT2D eigenvalue weighted by molar-refractivity contribution is 8.00. The van der Waals surface area contributed by atoms with Gasteiger partial charge in [0.1, 0.15) is 4.83 Å². The molecule has 5 nitrogen and oxygen atoms in total. The SMILES string of the molecule is C[C@@H](Sc1nc2sc3c(c2c(=O)n1C1CCCC1)CCCC3)C(=O)NCc1ccccc1. The van der Waals surface area contributed by atoms with Crippen LogP contribution in [-0.2, 0) is 24.2 Å². The van der Waals surface area contributed by atoms with Crippen LogP contribution in [0.5, 0.6) is 0 Å². The van der Waals surface area contributed by atoms with E-state index in [0.717, 1.165) is 60.7 Å². The van der Waals surface area contributed by atoms with E-state index in [1.807, 2.05) is 41.8 Å². The fourth-order valence-electron chi connectivity index (χ4n) is 4.91. The molecule has 32 heavy (non-hydrogen) atoms. The summed E-state index contributed by atoms with van der Waals surface area (Å²) in [6, 6.07) is 10.1.